The number of benzene rings is 1. The highest BCUT2D eigenvalue weighted by Crippen LogP contribution is 2.50. The van der Waals surface area contributed by atoms with Gasteiger partial charge in [0.15, 0.2) is 0 Å². The highest BCUT2D eigenvalue weighted by Gasteiger charge is 2.49. The van der Waals surface area contributed by atoms with Crippen LogP contribution in [0.3, 0.4) is 0 Å². The average molecular weight is 463 g/mol. The number of rotatable bonds is 3. The number of halogens is 1. The van der Waals surface area contributed by atoms with Gasteiger partial charge in [-0.05, 0) is 61.4 Å². The van der Waals surface area contributed by atoms with E-state index in [1.54, 1.807) is 0 Å². The molecule has 4 heterocycles. The molecule has 6 nitrogen and oxygen atoms in total. The maximum absolute atomic E-state index is 14.1. The number of aromatic nitrogens is 1. The first kappa shape index (κ1) is 21.8. The van der Waals surface area contributed by atoms with Crippen molar-refractivity contribution in [3.05, 3.63) is 52.2 Å². The van der Waals surface area contributed by atoms with Crippen LogP contribution in [-0.2, 0) is 23.4 Å². The molecule has 2 N–H and O–H groups in total. The van der Waals surface area contributed by atoms with Gasteiger partial charge < -0.3 is 15.2 Å². The van der Waals surface area contributed by atoms with Crippen LogP contribution in [0.1, 0.15) is 72.9 Å². The monoisotopic (exact) mass is 462 g/mol. The second-order valence-corrected chi connectivity index (χ2v) is 10.6. The summed E-state index contributed by atoms with van der Waals surface area (Å²) >= 11 is 0. The molecule has 7 heteroatoms. The number of hydrogen-bond acceptors (Lipinski definition) is 6. The lowest BCUT2D eigenvalue weighted by Gasteiger charge is -2.44. The van der Waals surface area contributed by atoms with Crippen LogP contribution in [0.25, 0.3) is 0 Å². The van der Waals surface area contributed by atoms with E-state index in [1.165, 1.54) is 0 Å². The minimum Gasteiger partial charge on any atom is -0.476 e. The van der Waals surface area contributed by atoms with Crippen LogP contribution in [0.2, 0.25) is 0 Å². The quantitative estimate of drug-likeness (QED) is 0.683. The van der Waals surface area contributed by atoms with E-state index < -0.39 is 11.8 Å². The molecule has 0 amide bonds. The van der Waals surface area contributed by atoms with Crippen LogP contribution in [0.4, 0.5) is 10.1 Å². The van der Waals surface area contributed by atoms with E-state index in [-0.39, 0.29) is 5.54 Å². The molecule has 0 radical (unpaired) electrons. The second kappa shape index (κ2) is 7.93. The van der Waals surface area contributed by atoms with Crippen LogP contribution in [0, 0.1) is 11.3 Å². The predicted octanol–water partition coefficient (Wildman–Crippen LogP) is 4.36. The summed E-state index contributed by atoms with van der Waals surface area (Å²) in [7, 11) is 0. The Balaban J connectivity index is 1.30. The molecule has 1 spiro atoms. The number of nitrogen functional groups attached to an aromatic ring is 1. The Morgan fingerprint density at radius 3 is 3.06 bits per heavy atom. The molecule has 4 aliphatic rings. The molecule has 2 aromatic rings. The first-order chi connectivity index (χ1) is 16.4. The third kappa shape index (κ3) is 3.30. The SMILES string of the molecule is CC1CCC2(Cc3nc(OCC45CCCN4CC(F)C5)ccc3CO2)c2c1ccc(N)c2C#N. The van der Waals surface area contributed by atoms with Crippen LogP contribution in [0.5, 0.6) is 5.88 Å². The molecule has 6 rings (SSSR count). The van der Waals surface area contributed by atoms with Gasteiger partial charge in [-0.1, -0.05) is 13.0 Å². The van der Waals surface area contributed by atoms with E-state index in [4.69, 9.17) is 20.2 Å². The number of nitrogens with zero attached hydrogens (tertiary/aromatic N) is 3. The number of ether oxygens (including phenoxy) is 2. The first-order valence-electron chi connectivity index (χ1n) is 12.4. The zero-order valence-electron chi connectivity index (χ0n) is 19.6. The minimum atomic E-state index is -0.770. The summed E-state index contributed by atoms with van der Waals surface area (Å²) in [6.45, 7) is 4.57. The molecule has 3 aliphatic heterocycles. The lowest BCUT2D eigenvalue weighted by molar-refractivity contribution is -0.0873. The molecule has 34 heavy (non-hydrogen) atoms. The number of anilines is 1. The van der Waals surface area contributed by atoms with Crippen molar-refractivity contribution in [3.63, 3.8) is 0 Å². The maximum Gasteiger partial charge on any atom is 0.213 e. The summed E-state index contributed by atoms with van der Waals surface area (Å²) in [5, 5.41) is 9.93. The molecule has 4 unspecified atom stereocenters. The van der Waals surface area contributed by atoms with Crippen LogP contribution in [-0.4, -0.2) is 41.3 Å². The van der Waals surface area contributed by atoms with Crippen LogP contribution in [0.15, 0.2) is 24.3 Å². The molecular formula is C27H31FN4O2. The second-order valence-electron chi connectivity index (χ2n) is 10.6. The first-order valence-corrected chi connectivity index (χ1v) is 12.4. The van der Waals surface area contributed by atoms with Crippen molar-refractivity contribution in [1.29, 1.82) is 5.26 Å². The molecular weight excluding hydrogens is 431 g/mol. The van der Waals surface area contributed by atoms with E-state index in [0.717, 1.165) is 54.6 Å². The fraction of sp³-hybridized carbons (Fsp3) is 0.556. The topological polar surface area (TPSA) is 84.4 Å². The Labute approximate surface area is 199 Å². The van der Waals surface area contributed by atoms with Gasteiger partial charge >= 0.3 is 0 Å². The van der Waals surface area contributed by atoms with E-state index in [9.17, 15) is 9.65 Å². The van der Waals surface area contributed by atoms with E-state index in [0.29, 0.717) is 55.6 Å². The van der Waals surface area contributed by atoms with E-state index >= 15 is 0 Å². The fourth-order valence-electron chi connectivity index (χ4n) is 6.78. The molecule has 2 saturated heterocycles. The molecule has 1 aromatic carbocycles. The standard InChI is InChI=1S/C27H31FN4O2/c1-17-7-9-27(25-20(17)4-5-22(30)21(25)13-29)12-23-18(15-34-27)3-6-24(31-23)33-16-26-8-2-10-32(26)14-19(28)11-26/h3-6,17,19H,2,7-12,14-16,30H2,1H3. The van der Waals surface area contributed by atoms with Gasteiger partial charge in [-0.15, -0.1) is 0 Å². The number of nitriles is 1. The Bertz CT molecular complexity index is 1180. The number of hydrogen-bond donors (Lipinski definition) is 1. The Kier molecular flexibility index (Phi) is 5.09. The minimum absolute atomic E-state index is 0.195. The van der Waals surface area contributed by atoms with Crippen molar-refractivity contribution < 1.29 is 13.9 Å². The van der Waals surface area contributed by atoms with E-state index in [2.05, 4.69) is 24.0 Å². The molecule has 0 bridgehead atoms. The summed E-state index contributed by atoms with van der Waals surface area (Å²) in [6, 6.07) is 10.2. The van der Waals surface area contributed by atoms with Gasteiger partial charge in [0.05, 0.1) is 23.4 Å². The van der Waals surface area contributed by atoms with Gasteiger partial charge in [0.2, 0.25) is 5.88 Å². The summed E-state index contributed by atoms with van der Waals surface area (Å²) in [5.41, 5.74) is 10.5. The highest BCUT2D eigenvalue weighted by atomic mass is 19.1. The number of pyridine rings is 1. The summed E-state index contributed by atoms with van der Waals surface area (Å²) in [5.74, 6) is 0.928. The van der Waals surface area contributed by atoms with Crippen molar-refractivity contribution >= 4 is 5.69 Å². The summed E-state index contributed by atoms with van der Waals surface area (Å²) < 4.78 is 26.8. The highest BCUT2D eigenvalue weighted by molar-refractivity contribution is 5.63. The van der Waals surface area contributed by atoms with Gasteiger partial charge in [0, 0.05) is 36.7 Å². The van der Waals surface area contributed by atoms with Gasteiger partial charge in [-0.2, -0.15) is 5.26 Å². The van der Waals surface area contributed by atoms with Gasteiger partial charge in [0.25, 0.3) is 0 Å². The molecule has 178 valence electrons. The van der Waals surface area contributed by atoms with Gasteiger partial charge in [-0.25, -0.2) is 9.37 Å². The predicted molar refractivity (Wildman–Crippen MR) is 126 cm³/mol. The van der Waals surface area contributed by atoms with Crippen molar-refractivity contribution in [2.45, 2.75) is 75.3 Å². The normalized spacial score (nSPS) is 32.1. The molecule has 0 saturated carbocycles. The van der Waals surface area contributed by atoms with Crippen molar-refractivity contribution in [2.24, 2.45) is 0 Å². The van der Waals surface area contributed by atoms with Crippen molar-refractivity contribution in [2.75, 3.05) is 25.4 Å². The summed E-state index contributed by atoms with van der Waals surface area (Å²) in [6.07, 6.45) is 4.23. The largest absolute Gasteiger partial charge is 0.476 e. The Hall–Kier alpha value is -2.69. The third-order valence-corrected chi connectivity index (χ3v) is 8.60. The number of nitrogens with two attached hydrogens (primary N) is 1. The van der Waals surface area contributed by atoms with Gasteiger partial charge in [0.1, 0.15) is 24.4 Å². The number of fused-ring (bicyclic) bond motifs is 4. The summed E-state index contributed by atoms with van der Waals surface area (Å²) in [4.78, 5) is 7.15. The third-order valence-electron chi connectivity index (χ3n) is 8.60. The maximum atomic E-state index is 14.1. The molecule has 1 aromatic heterocycles. The van der Waals surface area contributed by atoms with Gasteiger partial charge in [-0.3, -0.25) is 4.90 Å². The zero-order valence-corrected chi connectivity index (χ0v) is 19.6. The molecule has 1 aliphatic carbocycles. The Morgan fingerprint density at radius 1 is 1.32 bits per heavy atom. The van der Waals surface area contributed by atoms with Crippen LogP contribution >= 0.6 is 0 Å². The van der Waals surface area contributed by atoms with Crippen LogP contribution < -0.4 is 10.5 Å². The Morgan fingerprint density at radius 2 is 2.21 bits per heavy atom. The average Bonchev–Trinajstić information content (AvgIpc) is 3.35. The van der Waals surface area contributed by atoms with Crippen molar-refractivity contribution in [1.82, 2.24) is 9.88 Å². The van der Waals surface area contributed by atoms with E-state index in [1.807, 2.05) is 18.2 Å². The number of alkyl halides is 1. The fourth-order valence-corrected chi connectivity index (χ4v) is 6.78. The molecule has 2 fully saturated rings. The zero-order chi connectivity index (χ0) is 23.5. The molecule has 4 atom stereocenters. The lowest BCUT2D eigenvalue weighted by Crippen LogP contribution is -2.43. The lowest BCUT2D eigenvalue weighted by atomic mass is 9.69. The van der Waals surface area contributed by atoms with Crippen molar-refractivity contribution in [3.8, 4) is 11.9 Å². The smallest absolute Gasteiger partial charge is 0.213 e.